The molecule has 7 nitrogen and oxygen atoms in total. The van der Waals surface area contributed by atoms with Crippen molar-refractivity contribution < 1.29 is 9.18 Å². The number of hydrogen-bond donors (Lipinski definition) is 1. The molecule has 0 aliphatic carbocycles. The molecular weight excluding hydrogens is 391 g/mol. The number of halogens is 1. The van der Waals surface area contributed by atoms with Gasteiger partial charge in [-0.2, -0.15) is 0 Å². The highest BCUT2D eigenvalue weighted by Crippen LogP contribution is 2.31. The summed E-state index contributed by atoms with van der Waals surface area (Å²) < 4.78 is 16.6. The Balaban J connectivity index is 1.49. The second-order valence-electron chi connectivity index (χ2n) is 6.21. The predicted octanol–water partition coefficient (Wildman–Crippen LogP) is 4.03. The molecule has 0 bridgehead atoms. The van der Waals surface area contributed by atoms with E-state index in [1.807, 2.05) is 41.9 Å². The van der Waals surface area contributed by atoms with E-state index in [0.29, 0.717) is 22.0 Å². The minimum Gasteiger partial charge on any atom is -0.304 e. The number of amides is 1. The zero-order valence-corrected chi connectivity index (χ0v) is 15.7. The zero-order valence-electron chi connectivity index (χ0n) is 14.9. The number of hydrogen-bond acceptors (Lipinski definition) is 5. The van der Waals surface area contributed by atoms with Gasteiger partial charge in [-0.05, 0) is 36.4 Å². The summed E-state index contributed by atoms with van der Waals surface area (Å²) in [6.07, 6.45) is 3.38. The van der Waals surface area contributed by atoms with Crippen LogP contribution in [0.15, 0.2) is 72.4 Å². The van der Waals surface area contributed by atoms with E-state index in [2.05, 4.69) is 20.6 Å². The molecule has 0 saturated carbocycles. The number of aromatic nitrogens is 5. The average Bonchev–Trinajstić information content (AvgIpc) is 3.47. The second-order valence-corrected chi connectivity index (χ2v) is 7.08. The molecule has 0 aliphatic heterocycles. The molecule has 0 atom stereocenters. The Hall–Kier alpha value is -3.85. The minimum absolute atomic E-state index is 0.170. The van der Waals surface area contributed by atoms with Crippen molar-refractivity contribution in [3.05, 3.63) is 83.9 Å². The molecule has 142 valence electrons. The van der Waals surface area contributed by atoms with E-state index in [1.54, 1.807) is 22.7 Å². The molecule has 3 aromatic heterocycles. The summed E-state index contributed by atoms with van der Waals surface area (Å²) in [6.45, 7) is 0. The predicted molar refractivity (Wildman–Crippen MR) is 108 cm³/mol. The molecule has 2 aromatic carbocycles. The standard InChI is InChI=1S/C20H13FN6OS/c21-14-8-6-13(7-9-14)17-18(26-10-11-29-20(26)22-17)23-19(28)16-12-27(25-24-16)15-4-2-1-3-5-15/h1-12H,(H,23,28). The summed E-state index contributed by atoms with van der Waals surface area (Å²) in [5, 5.41) is 12.7. The van der Waals surface area contributed by atoms with Gasteiger partial charge < -0.3 is 5.32 Å². The quantitative estimate of drug-likeness (QED) is 0.491. The largest absolute Gasteiger partial charge is 0.304 e. The number of rotatable bonds is 4. The third kappa shape index (κ3) is 3.17. The van der Waals surface area contributed by atoms with E-state index in [0.717, 1.165) is 5.69 Å². The lowest BCUT2D eigenvalue weighted by molar-refractivity contribution is 0.102. The van der Waals surface area contributed by atoms with Gasteiger partial charge in [0.1, 0.15) is 17.3 Å². The summed E-state index contributed by atoms with van der Waals surface area (Å²) in [4.78, 5) is 18.1. The molecule has 3 heterocycles. The van der Waals surface area contributed by atoms with Gasteiger partial charge in [-0.1, -0.05) is 23.4 Å². The number of nitrogens with zero attached hydrogens (tertiary/aromatic N) is 5. The van der Waals surface area contributed by atoms with Crippen molar-refractivity contribution in [1.82, 2.24) is 24.4 Å². The monoisotopic (exact) mass is 404 g/mol. The van der Waals surface area contributed by atoms with Crippen LogP contribution in [-0.2, 0) is 0 Å². The van der Waals surface area contributed by atoms with Gasteiger partial charge >= 0.3 is 0 Å². The first-order chi connectivity index (χ1) is 14.2. The highest BCUT2D eigenvalue weighted by atomic mass is 32.1. The number of carbonyl (C=O) groups excluding carboxylic acids is 1. The molecule has 5 aromatic rings. The van der Waals surface area contributed by atoms with Gasteiger partial charge in [0, 0.05) is 17.1 Å². The van der Waals surface area contributed by atoms with Crippen molar-refractivity contribution in [1.29, 1.82) is 0 Å². The smallest absolute Gasteiger partial charge is 0.279 e. The van der Waals surface area contributed by atoms with Crippen LogP contribution in [0.3, 0.4) is 0 Å². The van der Waals surface area contributed by atoms with Crippen LogP contribution in [0.1, 0.15) is 10.5 Å². The zero-order chi connectivity index (χ0) is 19.8. The molecule has 1 N–H and O–H groups in total. The van der Waals surface area contributed by atoms with Crippen molar-refractivity contribution >= 4 is 28.0 Å². The minimum atomic E-state index is -0.413. The highest BCUT2D eigenvalue weighted by Gasteiger charge is 2.20. The number of nitrogens with one attached hydrogen (secondary N) is 1. The Morgan fingerprint density at radius 3 is 2.66 bits per heavy atom. The lowest BCUT2D eigenvalue weighted by atomic mass is 10.1. The molecule has 0 saturated heterocycles. The fourth-order valence-corrected chi connectivity index (χ4v) is 3.67. The van der Waals surface area contributed by atoms with Gasteiger partial charge in [0.15, 0.2) is 10.7 Å². The Labute approximate surface area is 168 Å². The number of thiazole rings is 1. The van der Waals surface area contributed by atoms with Gasteiger partial charge in [-0.15, -0.1) is 16.4 Å². The Morgan fingerprint density at radius 1 is 1.07 bits per heavy atom. The Kier molecular flexibility index (Phi) is 4.14. The van der Waals surface area contributed by atoms with Crippen molar-refractivity contribution in [2.45, 2.75) is 0 Å². The molecular formula is C20H13FN6OS. The maximum Gasteiger partial charge on any atom is 0.279 e. The number of benzene rings is 2. The third-order valence-corrected chi connectivity index (χ3v) is 5.12. The van der Waals surface area contributed by atoms with Crippen LogP contribution in [0, 0.1) is 5.82 Å². The van der Waals surface area contributed by atoms with Crippen LogP contribution in [-0.4, -0.2) is 30.3 Å². The number of carbonyl (C=O) groups is 1. The number of para-hydroxylation sites is 1. The van der Waals surface area contributed by atoms with E-state index < -0.39 is 5.91 Å². The van der Waals surface area contributed by atoms with E-state index in [9.17, 15) is 9.18 Å². The number of anilines is 1. The summed E-state index contributed by atoms with van der Waals surface area (Å²) in [5.41, 5.74) is 2.23. The molecule has 29 heavy (non-hydrogen) atoms. The summed E-state index contributed by atoms with van der Waals surface area (Å²) in [7, 11) is 0. The average molecular weight is 404 g/mol. The van der Waals surface area contributed by atoms with Gasteiger partial charge in [0.2, 0.25) is 0 Å². The van der Waals surface area contributed by atoms with Crippen LogP contribution in [0.25, 0.3) is 21.9 Å². The maximum absolute atomic E-state index is 13.3. The number of imidazole rings is 1. The molecule has 1 amide bonds. The van der Waals surface area contributed by atoms with Crippen molar-refractivity contribution in [3.8, 4) is 16.9 Å². The second kappa shape index (κ2) is 6.95. The Morgan fingerprint density at radius 2 is 1.86 bits per heavy atom. The van der Waals surface area contributed by atoms with Crippen LogP contribution in [0.4, 0.5) is 10.2 Å². The molecule has 0 spiro atoms. The number of fused-ring (bicyclic) bond motifs is 1. The van der Waals surface area contributed by atoms with Crippen molar-refractivity contribution in [2.24, 2.45) is 0 Å². The maximum atomic E-state index is 13.3. The first-order valence-electron chi connectivity index (χ1n) is 8.70. The van der Waals surface area contributed by atoms with Crippen molar-refractivity contribution in [2.75, 3.05) is 5.32 Å². The van der Waals surface area contributed by atoms with Crippen LogP contribution < -0.4 is 5.32 Å². The fraction of sp³-hybridized carbons (Fsp3) is 0. The molecule has 0 unspecified atom stereocenters. The van der Waals surface area contributed by atoms with Crippen molar-refractivity contribution in [3.63, 3.8) is 0 Å². The molecule has 0 aliphatic rings. The summed E-state index contributed by atoms with van der Waals surface area (Å²) in [5.74, 6) is -0.256. The van der Waals surface area contributed by atoms with Crippen LogP contribution in [0.5, 0.6) is 0 Å². The third-order valence-electron chi connectivity index (χ3n) is 4.36. The summed E-state index contributed by atoms with van der Waals surface area (Å²) >= 11 is 1.44. The van der Waals surface area contributed by atoms with E-state index >= 15 is 0 Å². The van der Waals surface area contributed by atoms with Gasteiger partial charge in [-0.3, -0.25) is 9.20 Å². The van der Waals surface area contributed by atoms with E-state index in [1.165, 1.54) is 28.2 Å². The van der Waals surface area contributed by atoms with Gasteiger partial charge in [0.05, 0.1) is 11.9 Å². The summed E-state index contributed by atoms with van der Waals surface area (Å²) in [6, 6.07) is 15.4. The molecule has 9 heteroatoms. The van der Waals surface area contributed by atoms with E-state index in [-0.39, 0.29) is 11.5 Å². The van der Waals surface area contributed by atoms with Gasteiger partial charge in [-0.25, -0.2) is 14.1 Å². The normalized spacial score (nSPS) is 11.1. The first kappa shape index (κ1) is 17.3. The lowest BCUT2D eigenvalue weighted by Crippen LogP contribution is -2.14. The van der Waals surface area contributed by atoms with E-state index in [4.69, 9.17) is 0 Å². The first-order valence-corrected chi connectivity index (χ1v) is 9.57. The fourth-order valence-electron chi connectivity index (χ4n) is 2.96. The molecule has 0 radical (unpaired) electrons. The van der Waals surface area contributed by atoms with Gasteiger partial charge in [0.25, 0.3) is 5.91 Å². The molecule has 5 rings (SSSR count). The van der Waals surface area contributed by atoms with Crippen LogP contribution >= 0.6 is 11.3 Å². The molecule has 0 fully saturated rings. The Bertz CT molecular complexity index is 1310. The highest BCUT2D eigenvalue weighted by molar-refractivity contribution is 7.15. The lowest BCUT2D eigenvalue weighted by Gasteiger charge is -2.05. The SMILES string of the molecule is O=C(Nc1c(-c2ccc(F)cc2)nc2sccn12)c1cn(-c2ccccc2)nn1. The van der Waals surface area contributed by atoms with Crippen LogP contribution in [0.2, 0.25) is 0 Å². The topological polar surface area (TPSA) is 77.1 Å².